The van der Waals surface area contributed by atoms with Crippen LogP contribution in [0.4, 0.5) is 0 Å². The van der Waals surface area contributed by atoms with E-state index in [2.05, 4.69) is 16.7 Å². The van der Waals surface area contributed by atoms with Crippen LogP contribution in [0.15, 0.2) is 66.7 Å². The van der Waals surface area contributed by atoms with Gasteiger partial charge in [-0.25, -0.2) is 0 Å². The van der Waals surface area contributed by atoms with E-state index in [1.807, 2.05) is 54.6 Å². The van der Waals surface area contributed by atoms with Crippen LogP contribution in [0.2, 0.25) is 0 Å². The van der Waals surface area contributed by atoms with Crippen LogP contribution in [0.1, 0.15) is 27.9 Å². The van der Waals surface area contributed by atoms with Gasteiger partial charge >= 0.3 is 0 Å². The first-order valence-corrected chi connectivity index (χ1v) is 10.5. The van der Waals surface area contributed by atoms with Crippen molar-refractivity contribution >= 4 is 28.5 Å². The van der Waals surface area contributed by atoms with Gasteiger partial charge < -0.3 is 15.5 Å². The van der Waals surface area contributed by atoms with Gasteiger partial charge in [0.05, 0.1) is 6.54 Å². The Labute approximate surface area is 181 Å². The normalized spacial score (nSPS) is 12.8. The number of benzene rings is 3. The minimum absolute atomic E-state index is 0.0282. The molecular weight excluding hydrogens is 390 g/mol. The number of fused-ring (bicyclic) bond motifs is 2. The molecule has 6 heteroatoms. The van der Waals surface area contributed by atoms with Crippen molar-refractivity contribution in [3.8, 4) is 0 Å². The van der Waals surface area contributed by atoms with Crippen LogP contribution in [0, 0.1) is 0 Å². The zero-order valence-corrected chi connectivity index (χ0v) is 17.3. The molecule has 158 valence electrons. The second kappa shape index (κ2) is 9.43. The summed E-state index contributed by atoms with van der Waals surface area (Å²) in [5.41, 5.74) is 2.99. The number of nitrogens with zero attached hydrogens (tertiary/aromatic N) is 1. The maximum atomic E-state index is 12.4. The highest BCUT2D eigenvalue weighted by Gasteiger charge is 2.20. The van der Waals surface area contributed by atoms with Gasteiger partial charge in [0.15, 0.2) is 0 Å². The third kappa shape index (κ3) is 5.09. The summed E-state index contributed by atoms with van der Waals surface area (Å²) in [5.74, 6) is -0.575. The molecule has 0 fully saturated rings. The van der Waals surface area contributed by atoms with Crippen molar-refractivity contribution in [2.24, 2.45) is 0 Å². The Balaban J connectivity index is 1.19. The molecule has 0 aromatic heterocycles. The molecule has 3 aromatic rings. The standard InChI is InChI=1S/C25H25N3O3/c29-23(27-16-24(30)28-14-12-19-6-2-4-8-22(19)17-28)11-13-26-25(31)21-10-9-18-5-1-3-7-20(18)15-21/h1-10,15H,11-14,16-17H2,(H,26,31)(H,27,29). The van der Waals surface area contributed by atoms with E-state index >= 15 is 0 Å². The number of rotatable bonds is 6. The smallest absolute Gasteiger partial charge is 0.251 e. The van der Waals surface area contributed by atoms with Crippen molar-refractivity contribution < 1.29 is 14.4 Å². The molecule has 0 bridgehead atoms. The monoisotopic (exact) mass is 415 g/mol. The maximum absolute atomic E-state index is 12.4. The molecule has 2 N–H and O–H groups in total. The largest absolute Gasteiger partial charge is 0.352 e. The minimum atomic E-state index is -0.260. The number of carbonyl (C=O) groups excluding carboxylic acids is 3. The van der Waals surface area contributed by atoms with Crippen molar-refractivity contribution in [3.05, 3.63) is 83.4 Å². The summed E-state index contributed by atoms with van der Waals surface area (Å²) in [5, 5.41) is 7.48. The SMILES string of the molecule is O=C(CCNC(=O)c1ccc2ccccc2c1)NCC(=O)N1CCc2ccccc2C1. The van der Waals surface area contributed by atoms with E-state index in [1.54, 1.807) is 11.0 Å². The summed E-state index contributed by atoms with van der Waals surface area (Å²) in [7, 11) is 0. The highest BCUT2D eigenvalue weighted by molar-refractivity contribution is 5.98. The summed E-state index contributed by atoms with van der Waals surface area (Å²) in [6.45, 7) is 1.42. The fraction of sp³-hybridized carbons (Fsp3) is 0.240. The predicted molar refractivity (Wildman–Crippen MR) is 119 cm³/mol. The first kappa shape index (κ1) is 20.6. The maximum Gasteiger partial charge on any atom is 0.251 e. The molecule has 0 radical (unpaired) electrons. The first-order valence-electron chi connectivity index (χ1n) is 10.5. The summed E-state index contributed by atoms with van der Waals surface area (Å²) in [4.78, 5) is 38.6. The Hall–Kier alpha value is -3.67. The number of nitrogens with one attached hydrogen (secondary N) is 2. The van der Waals surface area contributed by atoms with E-state index in [0.717, 1.165) is 22.8 Å². The van der Waals surface area contributed by atoms with Crippen molar-refractivity contribution in [2.45, 2.75) is 19.4 Å². The molecule has 0 saturated carbocycles. The quantitative estimate of drug-likeness (QED) is 0.650. The van der Waals surface area contributed by atoms with E-state index in [4.69, 9.17) is 0 Å². The van der Waals surface area contributed by atoms with E-state index in [1.165, 1.54) is 5.56 Å². The Morgan fingerprint density at radius 2 is 1.58 bits per heavy atom. The first-order chi connectivity index (χ1) is 15.1. The van der Waals surface area contributed by atoms with Gasteiger partial charge in [-0.2, -0.15) is 0 Å². The number of hydrogen-bond acceptors (Lipinski definition) is 3. The Kier molecular flexibility index (Phi) is 6.26. The molecule has 1 heterocycles. The third-order valence-corrected chi connectivity index (χ3v) is 5.57. The fourth-order valence-corrected chi connectivity index (χ4v) is 3.81. The molecule has 0 spiro atoms. The molecule has 3 aromatic carbocycles. The van der Waals surface area contributed by atoms with E-state index < -0.39 is 0 Å². The van der Waals surface area contributed by atoms with Crippen molar-refractivity contribution in [3.63, 3.8) is 0 Å². The molecule has 0 unspecified atom stereocenters. The highest BCUT2D eigenvalue weighted by Crippen LogP contribution is 2.18. The minimum Gasteiger partial charge on any atom is -0.352 e. The van der Waals surface area contributed by atoms with E-state index in [0.29, 0.717) is 18.7 Å². The van der Waals surface area contributed by atoms with E-state index in [-0.39, 0.29) is 37.2 Å². The number of carbonyl (C=O) groups is 3. The van der Waals surface area contributed by atoms with Crippen molar-refractivity contribution in [2.75, 3.05) is 19.6 Å². The summed E-state index contributed by atoms with van der Waals surface area (Å²) < 4.78 is 0. The summed E-state index contributed by atoms with van der Waals surface area (Å²) in [6, 6.07) is 21.4. The van der Waals surface area contributed by atoms with E-state index in [9.17, 15) is 14.4 Å². The molecule has 31 heavy (non-hydrogen) atoms. The average Bonchev–Trinajstić information content (AvgIpc) is 2.81. The Morgan fingerprint density at radius 1 is 0.839 bits per heavy atom. The number of hydrogen-bond donors (Lipinski definition) is 2. The van der Waals surface area contributed by atoms with Crippen LogP contribution < -0.4 is 10.6 Å². The molecule has 1 aliphatic heterocycles. The predicted octanol–water partition coefficient (Wildman–Crippen LogP) is 2.66. The van der Waals surface area contributed by atoms with Gasteiger partial charge in [-0.15, -0.1) is 0 Å². The zero-order chi connectivity index (χ0) is 21.6. The number of amides is 3. The second-order valence-corrected chi connectivity index (χ2v) is 7.68. The van der Waals surface area contributed by atoms with Gasteiger partial charge in [-0.05, 0) is 40.5 Å². The molecule has 1 aliphatic rings. The van der Waals surface area contributed by atoms with Gasteiger partial charge in [0.1, 0.15) is 0 Å². The topological polar surface area (TPSA) is 78.5 Å². The molecule has 6 nitrogen and oxygen atoms in total. The Bertz CT molecular complexity index is 1130. The second-order valence-electron chi connectivity index (χ2n) is 7.68. The van der Waals surface area contributed by atoms with Crippen LogP contribution in [-0.4, -0.2) is 42.3 Å². The molecule has 4 rings (SSSR count). The van der Waals surface area contributed by atoms with Gasteiger partial charge in [-0.1, -0.05) is 54.6 Å². The van der Waals surface area contributed by atoms with Crippen molar-refractivity contribution in [1.82, 2.24) is 15.5 Å². The zero-order valence-electron chi connectivity index (χ0n) is 17.3. The molecule has 3 amide bonds. The van der Waals surface area contributed by atoms with Crippen LogP contribution in [0.25, 0.3) is 10.8 Å². The third-order valence-electron chi connectivity index (χ3n) is 5.57. The Morgan fingerprint density at radius 3 is 2.42 bits per heavy atom. The molecule has 0 atom stereocenters. The molecular formula is C25H25N3O3. The average molecular weight is 415 g/mol. The lowest BCUT2D eigenvalue weighted by Gasteiger charge is -2.29. The van der Waals surface area contributed by atoms with Crippen LogP contribution in [-0.2, 0) is 22.6 Å². The van der Waals surface area contributed by atoms with Gasteiger partial charge in [0, 0.05) is 31.6 Å². The van der Waals surface area contributed by atoms with Gasteiger partial charge in [0.25, 0.3) is 5.91 Å². The molecule has 0 aliphatic carbocycles. The van der Waals surface area contributed by atoms with Crippen LogP contribution in [0.3, 0.4) is 0 Å². The van der Waals surface area contributed by atoms with Crippen LogP contribution >= 0.6 is 0 Å². The van der Waals surface area contributed by atoms with Gasteiger partial charge in [0.2, 0.25) is 11.8 Å². The molecule has 0 saturated heterocycles. The summed E-state index contributed by atoms with van der Waals surface area (Å²) >= 11 is 0. The lowest BCUT2D eigenvalue weighted by atomic mass is 10.00. The van der Waals surface area contributed by atoms with Crippen LogP contribution in [0.5, 0.6) is 0 Å². The van der Waals surface area contributed by atoms with Gasteiger partial charge in [-0.3, -0.25) is 14.4 Å². The lowest BCUT2D eigenvalue weighted by molar-refractivity contribution is -0.133. The highest BCUT2D eigenvalue weighted by atomic mass is 16.2. The summed E-state index contributed by atoms with van der Waals surface area (Å²) in [6.07, 6.45) is 0.950. The van der Waals surface area contributed by atoms with Crippen molar-refractivity contribution in [1.29, 1.82) is 0 Å². The lowest BCUT2D eigenvalue weighted by Crippen LogP contribution is -2.43. The fourth-order valence-electron chi connectivity index (χ4n) is 3.81.